The van der Waals surface area contributed by atoms with Gasteiger partial charge in [0.25, 0.3) is 0 Å². The van der Waals surface area contributed by atoms with Crippen LogP contribution in [-0.2, 0) is 4.79 Å². The van der Waals surface area contributed by atoms with E-state index in [0.717, 1.165) is 26.1 Å². The van der Waals surface area contributed by atoms with Gasteiger partial charge in [-0.3, -0.25) is 9.69 Å². The summed E-state index contributed by atoms with van der Waals surface area (Å²) in [6.07, 6.45) is 1.13. The van der Waals surface area contributed by atoms with Crippen LogP contribution in [0.1, 0.15) is 6.42 Å². The van der Waals surface area contributed by atoms with Crippen LogP contribution < -0.4 is 0 Å². The lowest BCUT2D eigenvalue weighted by Gasteiger charge is -2.16. The van der Waals surface area contributed by atoms with E-state index in [1.165, 1.54) is 0 Å². The molecule has 76 valence electrons. The maximum Gasteiger partial charge on any atom is 0.317 e. The van der Waals surface area contributed by atoms with E-state index in [1.807, 2.05) is 4.90 Å². The number of rotatable bonds is 4. The van der Waals surface area contributed by atoms with Crippen molar-refractivity contribution in [3.8, 4) is 0 Å². The minimum atomic E-state index is -0.717. The van der Waals surface area contributed by atoms with Crippen LogP contribution in [0, 0.1) is 5.92 Å². The summed E-state index contributed by atoms with van der Waals surface area (Å²) in [4.78, 5) is 14.6. The summed E-state index contributed by atoms with van der Waals surface area (Å²) in [7, 11) is 4.11. The molecule has 0 spiro atoms. The lowest BCUT2D eigenvalue weighted by atomic mass is 10.1. The average molecular weight is 186 g/mol. The third-order valence-electron chi connectivity index (χ3n) is 2.35. The highest BCUT2D eigenvalue weighted by Crippen LogP contribution is 2.15. The third kappa shape index (κ3) is 3.74. The Morgan fingerprint density at radius 2 is 2.31 bits per heavy atom. The van der Waals surface area contributed by atoms with Crippen LogP contribution in [0.15, 0.2) is 0 Å². The molecule has 13 heavy (non-hydrogen) atoms. The first-order valence-corrected chi connectivity index (χ1v) is 4.67. The van der Waals surface area contributed by atoms with Crippen LogP contribution in [-0.4, -0.2) is 61.2 Å². The molecule has 0 aromatic carbocycles. The predicted molar refractivity (Wildman–Crippen MR) is 50.7 cm³/mol. The molecule has 1 atom stereocenters. The zero-order valence-corrected chi connectivity index (χ0v) is 8.36. The molecule has 1 aliphatic rings. The van der Waals surface area contributed by atoms with Crippen molar-refractivity contribution in [3.63, 3.8) is 0 Å². The van der Waals surface area contributed by atoms with Crippen molar-refractivity contribution >= 4 is 5.97 Å². The van der Waals surface area contributed by atoms with Crippen molar-refractivity contribution in [3.05, 3.63) is 0 Å². The molecule has 0 unspecified atom stereocenters. The molecule has 0 radical (unpaired) electrons. The maximum absolute atomic E-state index is 10.4. The molecule has 0 aromatic rings. The summed E-state index contributed by atoms with van der Waals surface area (Å²) in [5.74, 6) is -0.0696. The number of likely N-dealkylation sites (tertiary alicyclic amines) is 1. The molecule has 0 saturated carbocycles. The van der Waals surface area contributed by atoms with Gasteiger partial charge in [-0.05, 0) is 33.0 Å². The second-order valence-corrected chi connectivity index (χ2v) is 4.05. The fourth-order valence-corrected chi connectivity index (χ4v) is 1.91. The van der Waals surface area contributed by atoms with Gasteiger partial charge in [-0.15, -0.1) is 0 Å². The SMILES string of the molecule is CN(C)C[C@H]1CCN(CC(=O)O)C1. The van der Waals surface area contributed by atoms with Crippen molar-refractivity contribution in [2.24, 2.45) is 5.92 Å². The van der Waals surface area contributed by atoms with Gasteiger partial charge >= 0.3 is 5.97 Å². The van der Waals surface area contributed by atoms with E-state index >= 15 is 0 Å². The number of hydrogen-bond acceptors (Lipinski definition) is 3. The quantitative estimate of drug-likeness (QED) is 0.669. The highest BCUT2D eigenvalue weighted by molar-refractivity contribution is 5.69. The number of nitrogens with zero attached hydrogens (tertiary/aromatic N) is 2. The van der Waals surface area contributed by atoms with Gasteiger partial charge in [-0.1, -0.05) is 0 Å². The van der Waals surface area contributed by atoms with Crippen LogP contribution >= 0.6 is 0 Å². The van der Waals surface area contributed by atoms with Gasteiger partial charge in [0.1, 0.15) is 0 Å². The fourth-order valence-electron chi connectivity index (χ4n) is 1.91. The molecule has 1 heterocycles. The molecule has 1 N–H and O–H groups in total. The fraction of sp³-hybridized carbons (Fsp3) is 0.889. The predicted octanol–water partition coefficient (Wildman–Crippen LogP) is -0.0455. The van der Waals surface area contributed by atoms with Crippen LogP contribution in [0.3, 0.4) is 0 Å². The first kappa shape index (κ1) is 10.5. The van der Waals surface area contributed by atoms with Gasteiger partial charge in [0.05, 0.1) is 6.54 Å². The Morgan fingerprint density at radius 1 is 1.62 bits per heavy atom. The van der Waals surface area contributed by atoms with E-state index in [1.54, 1.807) is 0 Å². The van der Waals surface area contributed by atoms with Crippen LogP contribution in [0.2, 0.25) is 0 Å². The van der Waals surface area contributed by atoms with Crippen LogP contribution in [0.25, 0.3) is 0 Å². The number of carboxylic acid groups (broad SMARTS) is 1. The molecule has 0 amide bonds. The van der Waals surface area contributed by atoms with E-state index in [-0.39, 0.29) is 6.54 Å². The molecule has 1 saturated heterocycles. The molecule has 1 fully saturated rings. The zero-order valence-electron chi connectivity index (χ0n) is 8.36. The summed E-state index contributed by atoms with van der Waals surface area (Å²) in [5, 5.41) is 8.59. The highest BCUT2D eigenvalue weighted by atomic mass is 16.4. The smallest absolute Gasteiger partial charge is 0.317 e. The zero-order chi connectivity index (χ0) is 9.84. The number of carbonyl (C=O) groups is 1. The van der Waals surface area contributed by atoms with Crippen molar-refractivity contribution in [2.45, 2.75) is 6.42 Å². The monoisotopic (exact) mass is 186 g/mol. The van der Waals surface area contributed by atoms with E-state index in [9.17, 15) is 4.79 Å². The standard InChI is InChI=1S/C9H18N2O2/c1-10(2)5-8-3-4-11(6-8)7-9(12)13/h8H,3-7H2,1-2H3,(H,12,13)/t8-/m1/s1. The van der Waals surface area contributed by atoms with Crippen molar-refractivity contribution in [1.82, 2.24) is 9.80 Å². The molecule has 0 aromatic heterocycles. The minimum absolute atomic E-state index is 0.198. The second-order valence-electron chi connectivity index (χ2n) is 4.05. The van der Waals surface area contributed by atoms with E-state index in [4.69, 9.17) is 5.11 Å². The largest absolute Gasteiger partial charge is 0.480 e. The maximum atomic E-state index is 10.4. The van der Waals surface area contributed by atoms with Gasteiger partial charge in [-0.25, -0.2) is 0 Å². The Hall–Kier alpha value is -0.610. The number of aliphatic carboxylic acids is 1. The summed E-state index contributed by atoms with van der Waals surface area (Å²) in [5.41, 5.74) is 0. The van der Waals surface area contributed by atoms with Gasteiger partial charge in [0.15, 0.2) is 0 Å². The molecule has 4 nitrogen and oxygen atoms in total. The topological polar surface area (TPSA) is 43.8 Å². The van der Waals surface area contributed by atoms with Crippen LogP contribution in [0.4, 0.5) is 0 Å². The molecular formula is C9H18N2O2. The normalized spacial score (nSPS) is 24.1. The summed E-state index contributed by atoms with van der Waals surface area (Å²) in [6, 6.07) is 0. The van der Waals surface area contributed by atoms with Gasteiger partial charge in [0, 0.05) is 13.1 Å². The Bertz CT molecular complexity index is 182. The molecule has 1 aliphatic heterocycles. The van der Waals surface area contributed by atoms with Crippen molar-refractivity contribution in [2.75, 3.05) is 40.3 Å². The minimum Gasteiger partial charge on any atom is -0.480 e. The summed E-state index contributed by atoms with van der Waals surface area (Å²) >= 11 is 0. The Morgan fingerprint density at radius 3 is 2.85 bits per heavy atom. The lowest BCUT2D eigenvalue weighted by Crippen LogP contribution is -2.29. The lowest BCUT2D eigenvalue weighted by molar-refractivity contribution is -0.138. The Labute approximate surface area is 79.1 Å². The molecule has 0 bridgehead atoms. The van der Waals surface area contributed by atoms with Gasteiger partial charge < -0.3 is 10.0 Å². The molecular weight excluding hydrogens is 168 g/mol. The first-order valence-electron chi connectivity index (χ1n) is 4.67. The van der Waals surface area contributed by atoms with E-state index in [2.05, 4.69) is 19.0 Å². The van der Waals surface area contributed by atoms with Crippen molar-refractivity contribution in [1.29, 1.82) is 0 Å². The Balaban J connectivity index is 2.24. The number of hydrogen-bond donors (Lipinski definition) is 1. The average Bonchev–Trinajstić information content (AvgIpc) is 2.33. The summed E-state index contributed by atoms with van der Waals surface area (Å²) < 4.78 is 0. The first-order chi connectivity index (χ1) is 6.08. The van der Waals surface area contributed by atoms with Crippen molar-refractivity contribution < 1.29 is 9.90 Å². The third-order valence-corrected chi connectivity index (χ3v) is 2.35. The van der Waals surface area contributed by atoms with Gasteiger partial charge in [0.2, 0.25) is 0 Å². The summed E-state index contributed by atoms with van der Waals surface area (Å²) in [6.45, 7) is 3.13. The highest BCUT2D eigenvalue weighted by Gasteiger charge is 2.23. The van der Waals surface area contributed by atoms with Crippen LogP contribution in [0.5, 0.6) is 0 Å². The molecule has 4 heteroatoms. The van der Waals surface area contributed by atoms with E-state index in [0.29, 0.717) is 5.92 Å². The van der Waals surface area contributed by atoms with Gasteiger partial charge in [-0.2, -0.15) is 0 Å². The molecule has 0 aliphatic carbocycles. The van der Waals surface area contributed by atoms with E-state index < -0.39 is 5.97 Å². The number of carboxylic acids is 1. The Kier molecular flexibility index (Phi) is 3.69. The molecule has 1 rings (SSSR count). The second kappa shape index (κ2) is 4.58.